The van der Waals surface area contributed by atoms with Crippen LogP contribution in [-0.4, -0.2) is 31.9 Å². The normalized spacial score (nSPS) is 11.5. The van der Waals surface area contributed by atoms with Crippen LogP contribution in [0, 0.1) is 6.57 Å². The molecule has 7 aromatic rings. The molecule has 0 radical (unpaired) electrons. The molecule has 3 aromatic heterocycles. The zero-order valence-electron chi connectivity index (χ0n) is 29.8. The highest BCUT2D eigenvalue weighted by atomic mass is 32.1. The fourth-order valence-electron chi connectivity index (χ4n) is 5.73. The highest BCUT2D eigenvalue weighted by Gasteiger charge is 2.19. The van der Waals surface area contributed by atoms with E-state index in [1.54, 1.807) is 24.5 Å². The molecule has 0 aliphatic carbocycles. The lowest BCUT2D eigenvalue weighted by atomic mass is 10.1. The molecule has 0 saturated carbocycles. The Bertz CT molecular complexity index is 2300. The number of aromatic nitrogens is 4. The van der Waals surface area contributed by atoms with Gasteiger partial charge in [0.1, 0.15) is 32.5 Å². The van der Waals surface area contributed by atoms with E-state index in [9.17, 15) is 0 Å². The number of unbranched alkanes of at least 4 members (excludes halogenated alkanes) is 2. The number of ether oxygens (including phenoxy) is 2. The molecule has 0 atom stereocenters. The van der Waals surface area contributed by atoms with Gasteiger partial charge in [0, 0.05) is 45.5 Å². The molecule has 266 valence electrons. The van der Waals surface area contributed by atoms with Crippen molar-refractivity contribution in [1.29, 1.82) is 0 Å². The fraction of sp³-hybridized carbons (Fsp3) is 0.214. The minimum absolute atomic E-state index is 0.624. The number of nitrogens with zero attached hydrogens (tertiary/aromatic N) is 6. The molecule has 0 aliphatic heterocycles. The Balaban J connectivity index is 1.15. The number of hydrogen-bond donors (Lipinski definition) is 0. The van der Waals surface area contributed by atoms with Gasteiger partial charge in [0.05, 0.1) is 36.4 Å². The first-order valence-electron chi connectivity index (χ1n) is 17.6. The van der Waals surface area contributed by atoms with Crippen molar-refractivity contribution in [2.24, 2.45) is 0 Å². The summed E-state index contributed by atoms with van der Waals surface area (Å²) in [7, 11) is 0. The summed E-state index contributed by atoms with van der Waals surface area (Å²) in [4.78, 5) is 17.2. The molecule has 3 heterocycles. The minimum Gasteiger partial charge on any atom is -0.494 e. The molecular weight excluding hydrogens is 717 g/mol. The average molecular weight is 755 g/mol. The second kappa shape index (κ2) is 16.9. The van der Waals surface area contributed by atoms with Crippen molar-refractivity contribution >= 4 is 68.6 Å². The maximum Gasteiger partial charge on any atom is 0.164 e. The summed E-state index contributed by atoms with van der Waals surface area (Å²) in [5, 5.41) is 1.73. The van der Waals surface area contributed by atoms with Crippen LogP contribution in [0.4, 0.5) is 17.1 Å². The van der Waals surface area contributed by atoms with Gasteiger partial charge in [-0.25, -0.2) is 14.8 Å². The van der Waals surface area contributed by atoms with Crippen molar-refractivity contribution in [2.45, 2.75) is 46.5 Å². The van der Waals surface area contributed by atoms with Gasteiger partial charge in [-0.3, -0.25) is 0 Å². The Hall–Kier alpha value is -5.41. The molecule has 7 rings (SSSR count). The van der Waals surface area contributed by atoms with E-state index in [-0.39, 0.29) is 0 Å². The molecule has 4 aromatic carbocycles. The van der Waals surface area contributed by atoms with Gasteiger partial charge in [-0.15, -0.1) is 22.7 Å². The monoisotopic (exact) mass is 754 g/mol. The van der Waals surface area contributed by atoms with Crippen LogP contribution in [0.5, 0.6) is 11.5 Å². The number of anilines is 3. The highest BCUT2D eigenvalue weighted by molar-refractivity contribution is 7.18. The molecule has 0 unspecified atom stereocenters. The molecule has 0 spiro atoms. The number of thiazole rings is 2. The summed E-state index contributed by atoms with van der Waals surface area (Å²) in [6.45, 7) is 14.8. The molecule has 53 heavy (non-hydrogen) atoms. The Kier molecular flexibility index (Phi) is 11.5. The van der Waals surface area contributed by atoms with Crippen LogP contribution in [0.25, 0.3) is 53.5 Å². The lowest BCUT2D eigenvalue weighted by Gasteiger charge is -2.26. The van der Waals surface area contributed by atoms with Crippen molar-refractivity contribution in [3.05, 3.63) is 119 Å². The van der Waals surface area contributed by atoms with Gasteiger partial charge >= 0.3 is 0 Å². The molecule has 8 nitrogen and oxygen atoms in total. The minimum atomic E-state index is 0.624. The van der Waals surface area contributed by atoms with Crippen molar-refractivity contribution in [2.75, 3.05) is 18.1 Å². The summed E-state index contributed by atoms with van der Waals surface area (Å²) in [6.07, 6.45) is 9.85. The third-order valence-electron chi connectivity index (χ3n) is 8.57. The van der Waals surface area contributed by atoms with Gasteiger partial charge in [-0.05, 0) is 104 Å². The zero-order chi connectivity index (χ0) is 36.6. The third-order valence-corrected chi connectivity index (χ3v) is 11.2. The predicted octanol–water partition coefficient (Wildman–Crippen LogP) is 12.7. The standard InChI is InChI=1S/C42H38N6O2S3/c1-5-7-23-49-33-17-13-31(14-18-33)48(32-15-19-34(20-16-32)50-24-8-6-2)30-11-9-29(10-12-30)38-27-45-42(52-38)37-22-21-36(39-40(37)47-53-46-39)41-44-26-35(51-41)25-28(3)43-4/h9-22,25-27H,5-8,23-24H2,1-3H3/b28-25-. The Morgan fingerprint density at radius 3 is 1.74 bits per heavy atom. The molecule has 0 amide bonds. The zero-order valence-corrected chi connectivity index (χ0v) is 32.2. The quantitative estimate of drug-likeness (QED) is 0.0762. The van der Waals surface area contributed by atoms with Crippen LogP contribution >= 0.6 is 34.4 Å². The number of hydrogen-bond acceptors (Lipinski definition) is 10. The summed E-state index contributed by atoms with van der Waals surface area (Å²) in [5.74, 6) is 1.74. The van der Waals surface area contributed by atoms with Crippen LogP contribution in [0.15, 0.2) is 103 Å². The number of allylic oxidation sites excluding steroid dienone is 1. The number of benzene rings is 4. The maximum atomic E-state index is 7.23. The second-order valence-electron chi connectivity index (χ2n) is 12.4. The van der Waals surface area contributed by atoms with Gasteiger partial charge in [0.15, 0.2) is 5.70 Å². The summed E-state index contributed by atoms with van der Waals surface area (Å²) < 4.78 is 21.2. The van der Waals surface area contributed by atoms with Crippen LogP contribution < -0.4 is 14.4 Å². The van der Waals surface area contributed by atoms with E-state index in [1.165, 1.54) is 23.1 Å². The van der Waals surface area contributed by atoms with Crippen molar-refractivity contribution < 1.29 is 9.47 Å². The average Bonchev–Trinajstić information content (AvgIpc) is 3.99. The lowest BCUT2D eigenvalue weighted by molar-refractivity contribution is 0.309. The van der Waals surface area contributed by atoms with Crippen molar-refractivity contribution in [3.8, 4) is 43.1 Å². The van der Waals surface area contributed by atoms with E-state index < -0.39 is 0 Å². The second-order valence-corrected chi connectivity index (χ2v) is 15.0. The summed E-state index contributed by atoms with van der Waals surface area (Å²) >= 11 is 4.36. The predicted molar refractivity (Wildman–Crippen MR) is 221 cm³/mol. The van der Waals surface area contributed by atoms with E-state index in [4.69, 9.17) is 21.0 Å². The number of rotatable bonds is 15. The first-order valence-corrected chi connectivity index (χ1v) is 20.0. The Morgan fingerprint density at radius 2 is 1.21 bits per heavy atom. The van der Waals surface area contributed by atoms with Crippen LogP contribution in [0.2, 0.25) is 0 Å². The van der Waals surface area contributed by atoms with Gasteiger partial charge < -0.3 is 14.4 Å². The Labute approximate surface area is 322 Å². The van der Waals surface area contributed by atoms with Gasteiger partial charge in [0.25, 0.3) is 0 Å². The first-order chi connectivity index (χ1) is 26.0. The van der Waals surface area contributed by atoms with Crippen molar-refractivity contribution in [1.82, 2.24) is 18.7 Å². The van der Waals surface area contributed by atoms with E-state index >= 15 is 0 Å². The maximum absolute atomic E-state index is 7.23. The van der Waals surface area contributed by atoms with Gasteiger partial charge in [-0.1, -0.05) is 38.8 Å². The van der Waals surface area contributed by atoms with Gasteiger partial charge in [-0.2, -0.15) is 8.75 Å². The largest absolute Gasteiger partial charge is 0.494 e. The van der Waals surface area contributed by atoms with Crippen LogP contribution in [0.3, 0.4) is 0 Å². The van der Waals surface area contributed by atoms with E-state index in [0.717, 1.165) is 102 Å². The van der Waals surface area contributed by atoms with E-state index in [0.29, 0.717) is 18.9 Å². The topological polar surface area (TPSA) is 77.6 Å². The number of fused-ring (bicyclic) bond motifs is 1. The summed E-state index contributed by atoms with van der Waals surface area (Å²) in [5.41, 5.74) is 8.31. The lowest BCUT2D eigenvalue weighted by Crippen LogP contribution is -2.10. The van der Waals surface area contributed by atoms with Gasteiger partial charge in [0.2, 0.25) is 0 Å². The molecule has 0 fully saturated rings. The van der Waals surface area contributed by atoms with Crippen molar-refractivity contribution in [3.63, 3.8) is 0 Å². The first kappa shape index (κ1) is 36.0. The fourth-order valence-corrected chi connectivity index (χ4v) is 8.19. The summed E-state index contributed by atoms with van der Waals surface area (Å²) in [6, 6.07) is 29.3. The molecule has 0 aliphatic rings. The van der Waals surface area contributed by atoms with E-state index in [1.807, 2.05) is 42.6 Å². The SMILES string of the molecule is [C-]#[N+]/C(C)=C\c1cnc(-c2ccc(-c3ncc(-c4ccc(N(c5ccc(OCCCC)cc5)c5ccc(OCCCC)cc5)cc4)s3)c3nsnc23)s1. The van der Waals surface area contributed by atoms with E-state index in [2.05, 4.69) is 91.9 Å². The van der Waals surface area contributed by atoms with Crippen LogP contribution in [-0.2, 0) is 0 Å². The molecular formula is C42H38N6O2S3. The highest BCUT2D eigenvalue weighted by Crippen LogP contribution is 2.41. The van der Waals surface area contributed by atoms with Crippen LogP contribution in [0.1, 0.15) is 51.3 Å². The third kappa shape index (κ3) is 8.31. The molecule has 0 N–H and O–H groups in total. The molecule has 0 bridgehead atoms. The molecule has 0 saturated heterocycles. The smallest absolute Gasteiger partial charge is 0.164 e. The molecule has 11 heteroatoms. The Morgan fingerprint density at radius 1 is 0.698 bits per heavy atom.